The molecule has 0 aliphatic heterocycles. The molecule has 0 amide bonds. The van der Waals surface area contributed by atoms with Gasteiger partial charge in [0.2, 0.25) is 0 Å². The number of hydrogen-bond donors (Lipinski definition) is 2. The lowest BCUT2D eigenvalue weighted by atomic mass is 9.66. The molecule has 1 aliphatic rings. The first kappa shape index (κ1) is 26.4. The SMILES string of the molecule is CCC#COC(=O)C(O)C1(c2ccccc2)CCCCC1.CCNCc1ccc(OC)cc1. The van der Waals surface area contributed by atoms with E-state index in [9.17, 15) is 9.90 Å². The Morgan fingerprint density at radius 2 is 1.73 bits per heavy atom. The van der Waals surface area contributed by atoms with E-state index in [0.717, 1.165) is 56.5 Å². The van der Waals surface area contributed by atoms with Gasteiger partial charge in [0.1, 0.15) is 11.9 Å². The first-order valence-corrected chi connectivity index (χ1v) is 11.8. The minimum Gasteiger partial charge on any atom is -0.497 e. The van der Waals surface area contributed by atoms with E-state index in [-0.39, 0.29) is 0 Å². The Balaban J connectivity index is 0.000000273. The molecule has 2 N–H and O–H groups in total. The number of methoxy groups -OCH3 is 1. The lowest BCUT2D eigenvalue weighted by Crippen LogP contribution is -2.46. The highest BCUT2D eigenvalue weighted by atomic mass is 16.5. The molecule has 2 aromatic carbocycles. The van der Waals surface area contributed by atoms with Crippen LogP contribution < -0.4 is 10.1 Å². The largest absolute Gasteiger partial charge is 0.497 e. The molecule has 178 valence electrons. The molecule has 33 heavy (non-hydrogen) atoms. The minimum atomic E-state index is -1.16. The van der Waals surface area contributed by atoms with Crippen LogP contribution in [-0.2, 0) is 21.5 Å². The van der Waals surface area contributed by atoms with Crippen LogP contribution in [0.4, 0.5) is 0 Å². The van der Waals surface area contributed by atoms with Crippen LogP contribution in [0.25, 0.3) is 0 Å². The summed E-state index contributed by atoms with van der Waals surface area (Å²) in [5.74, 6) is 2.96. The zero-order chi connectivity index (χ0) is 23.9. The second kappa shape index (κ2) is 14.4. The summed E-state index contributed by atoms with van der Waals surface area (Å²) in [6, 6.07) is 17.9. The average molecular weight is 452 g/mol. The average Bonchev–Trinajstić information content (AvgIpc) is 2.88. The van der Waals surface area contributed by atoms with E-state index in [1.807, 2.05) is 49.4 Å². The quantitative estimate of drug-likeness (QED) is 0.460. The Morgan fingerprint density at radius 3 is 2.30 bits per heavy atom. The van der Waals surface area contributed by atoms with Gasteiger partial charge in [0.15, 0.2) is 6.10 Å². The molecular weight excluding hydrogens is 414 g/mol. The summed E-state index contributed by atoms with van der Waals surface area (Å²) in [6.45, 7) is 5.92. The normalized spacial score (nSPS) is 15.2. The summed E-state index contributed by atoms with van der Waals surface area (Å²) in [5, 5.41) is 13.9. The summed E-state index contributed by atoms with van der Waals surface area (Å²) < 4.78 is 9.95. The number of benzene rings is 2. The van der Waals surface area contributed by atoms with Crippen molar-refractivity contribution in [2.45, 2.75) is 70.4 Å². The molecule has 0 bridgehead atoms. The van der Waals surface area contributed by atoms with Gasteiger partial charge in [-0.15, -0.1) is 0 Å². The van der Waals surface area contributed by atoms with Crippen molar-refractivity contribution < 1.29 is 19.4 Å². The van der Waals surface area contributed by atoms with Crippen molar-refractivity contribution in [1.82, 2.24) is 5.32 Å². The molecule has 0 aromatic heterocycles. The number of nitrogens with one attached hydrogen (secondary N) is 1. The third kappa shape index (κ3) is 7.92. The lowest BCUT2D eigenvalue weighted by molar-refractivity contribution is -0.151. The third-order valence-electron chi connectivity index (χ3n) is 5.98. The zero-order valence-electron chi connectivity index (χ0n) is 20.1. The highest BCUT2D eigenvalue weighted by Crippen LogP contribution is 2.42. The molecule has 1 unspecified atom stereocenters. The van der Waals surface area contributed by atoms with Crippen molar-refractivity contribution in [3.05, 3.63) is 65.7 Å². The Hall–Kier alpha value is -2.81. The summed E-state index contributed by atoms with van der Waals surface area (Å²) in [5.41, 5.74) is 1.76. The molecule has 2 aromatic rings. The van der Waals surface area contributed by atoms with Crippen molar-refractivity contribution in [2.24, 2.45) is 0 Å². The lowest BCUT2D eigenvalue weighted by Gasteiger charge is -2.40. The van der Waals surface area contributed by atoms with Crippen molar-refractivity contribution in [2.75, 3.05) is 13.7 Å². The number of aliphatic hydroxyl groups excluding tert-OH is 1. The van der Waals surface area contributed by atoms with Crippen molar-refractivity contribution in [3.63, 3.8) is 0 Å². The Morgan fingerprint density at radius 1 is 1.06 bits per heavy atom. The summed E-state index contributed by atoms with van der Waals surface area (Å²) in [4.78, 5) is 12.1. The molecule has 1 fully saturated rings. The van der Waals surface area contributed by atoms with Crippen molar-refractivity contribution >= 4 is 5.97 Å². The third-order valence-corrected chi connectivity index (χ3v) is 5.98. The maximum absolute atomic E-state index is 12.1. The van der Waals surface area contributed by atoms with Gasteiger partial charge in [-0.1, -0.05) is 81.5 Å². The molecule has 0 heterocycles. The monoisotopic (exact) mass is 451 g/mol. The van der Waals surface area contributed by atoms with Crippen LogP contribution in [0.15, 0.2) is 54.6 Å². The predicted octanol–water partition coefficient (Wildman–Crippen LogP) is 4.97. The molecule has 0 spiro atoms. The molecule has 3 rings (SSSR count). The second-order valence-electron chi connectivity index (χ2n) is 8.17. The van der Waals surface area contributed by atoms with Crippen LogP contribution in [0.2, 0.25) is 0 Å². The fourth-order valence-electron chi connectivity index (χ4n) is 4.13. The number of esters is 1. The summed E-state index contributed by atoms with van der Waals surface area (Å²) >= 11 is 0. The number of rotatable bonds is 7. The Bertz CT molecular complexity index is 878. The molecule has 5 nitrogen and oxygen atoms in total. The Kier molecular flexibility index (Phi) is 11.5. The molecule has 1 atom stereocenters. The molecule has 1 saturated carbocycles. The van der Waals surface area contributed by atoms with E-state index in [2.05, 4.69) is 36.4 Å². The number of aliphatic hydroxyl groups is 1. The van der Waals surface area contributed by atoms with Gasteiger partial charge < -0.3 is 19.9 Å². The van der Waals surface area contributed by atoms with Gasteiger partial charge in [-0.25, -0.2) is 4.79 Å². The maximum atomic E-state index is 12.1. The van der Waals surface area contributed by atoms with Gasteiger partial charge in [0.25, 0.3) is 0 Å². The van der Waals surface area contributed by atoms with Crippen LogP contribution in [-0.4, -0.2) is 30.8 Å². The molecule has 0 radical (unpaired) electrons. The molecule has 0 saturated heterocycles. The van der Waals surface area contributed by atoms with E-state index in [4.69, 9.17) is 9.47 Å². The van der Waals surface area contributed by atoms with E-state index in [0.29, 0.717) is 6.42 Å². The second-order valence-corrected chi connectivity index (χ2v) is 8.17. The topological polar surface area (TPSA) is 67.8 Å². The number of hydrogen-bond acceptors (Lipinski definition) is 5. The first-order chi connectivity index (χ1) is 16.1. The van der Waals surface area contributed by atoms with Crippen LogP contribution >= 0.6 is 0 Å². The maximum Gasteiger partial charge on any atom is 0.349 e. The summed E-state index contributed by atoms with van der Waals surface area (Å²) in [6.07, 6.45) is 6.59. The van der Waals surface area contributed by atoms with Crippen LogP contribution in [0.1, 0.15) is 63.5 Å². The molecule has 1 aliphatic carbocycles. The standard InChI is InChI=1S/C18H22O3.C10H15NO/c1-2-3-14-21-17(20)16(19)18(12-8-5-9-13-18)15-10-6-4-7-11-15;1-3-11-8-9-4-6-10(12-2)7-5-9/h4,6-7,10-11,16,19H,2,5,8-9,12-13H2,1H3;4-7,11H,3,8H2,1-2H3. The summed E-state index contributed by atoms with van der Waals surface area (Å²) in [7, 11) is 1.68. The smallest absolute Gasteiger partial charge is 0.349 e. The van der Waals surface area contributed by atoms with Gasteiger partial charge in [0, 0.05) is 18.4 Å². The van der Waals surface area contributed by atoms with Crippen molar-refractivity contribution in [3.8, 4) is 17.8 Å². The fraction of sp³-hybridized carbons (Fsp3) is 0.464. The molecular formula is C28H37NO4. The minimum absolute atomic E-state index is 0.537. The molecule has 5 heteroatoms. The van der Waals surface area contributed by atoms with E-state index in [1.54, 1.807) is 7.11 Å². The van der Waals surface area contributed by atoms with Crippen LogP contribution in [0.5, 0.6) is 5.75 Å². The van der Waals surface area contributed by atoms with Crippen LogP contribution in [0.3, 0.4) is 0 Å². The van der Waals surface area contributed by atoms with E-state index < -0.39 is 17.5 Å². The van der Waals surface area contributed by atoms with Crippen LogP contribution in [0, 0.1) is 12.0 Å². The predicted molar refractivity (Wildman–Crippen MR) is 132 cm³/mol. The highest BCUT2D eigenvalue weighted by Gasteiger charge is 2.45. The zero-order valence-corrected chi connectivity index (χ0v) is 20.1. The van der Waals surface area contributed by atoms with Gasteiger partial charge in [0.05, 0.1) is 7.11 Å². The number of carbonyl (C=O) groups excluding carboxylic acids is 1. The van der Waals surface area contributed by atoms with E-state index >= 15 is 0 Å². The Labute approximate surface area is 198 Å². The van der Waals surface area contributed by atoms with Gasteiger partial charge in [-0.05, 0) is 42.6 Å². The fourth-order valence-corrected chi connectivity index (χ4v) is 4.13. The first-order valence-electron chi connectivity index (χ1n) is 11.8. The number of ether oxygens (including phenoxy) is 2. The van der Waals surface area contributed by atoms with E-state index in [1.165, 1.54) is 5.56 Å². The highest BCUT2D eigenvalue weighted by molar-refractivity contribution is 5.78. The van der Waals surface area contributed by atoms with Crippen molar-refractivity contribution in [1.29, 1.82) is 0 Å². The van der Waals surface area contributed by atoms with Gasteiger partial charge in [-0.2, -0.15) is 0 Å². The van der Waals surface area contributed by atoms with Gasteiger partial charge >= 0.3 is 5.97 Å². The van der Waals surface area contributed by atoms with Gasteiger partial charge in [-0.3, -0.25) is 0 Å². The number of carbonyl (C=O) groups is 1.